The molecule has 4 heteroatoms. The monoisotopic (exact) mass is 231 g/mol. The molecule has 2 N–H and O–H groups in total. The number of benzene rings is 1. The van der Waals surface area contributed by atoms with Gasteiger partial charge in [0, 0.05) is 11.7 Å². The Morgan fingerprint density at radius 3 is 2.88 bits per heavy atom. The Morgan fingerprint density at radius 1 is 1.50 bits per heavy atom. The Labute approximate surface area is 100 Å². The SMILES string of the molecule is Cc1ccc(C#N)cc1NC(=S)NC1CC1. The first-order valence-corrected chi connectivity index (χ1v) is 5.68. The number of anilines is 1. The molecule has 16 heavy (non-hydrogen) atoms. The molecule has 0 aromatic heterocycles. The molecule has 1 fully saturated rings. The minimum atomic E-state index is 0.541. The number of nitriles is 1. The predicted molar refractivity (Wildman–Crippen MR) is 68.3 cm³/mol. The van der Waals surface area contributed by atoms with E-state index in [4.69, 9.17) is 17.5 Å². The van der Waals surface area contributed by atoms with Gasteiger partial charge in [0.25, 0.3) is 0 Å². The number of hydrogen-bond donors (Lipinski definition) is 2. The van der Waals surface area contributed by atoms with E-state index < -0.39 is 0 Å². The molecule has 1 saturated carbocycles. The highest BCUT2D eigenvalue weighted by Crippen LogP contribution is 2.20. The van der Waals surface area contributed by atoms with E-state index in [1.165, 1.54) is 12.8 Å². The minimum absolute atomic E-state index is 0.541. The van der Waals surface area contributed by atoms with Gasteiger partial charge in [-0.25, -0.2) is 0 Å². The number of hydrogen-bond acceptors (Lipinski definition) is 2. The fraction of sp³-hybridized carbons (Fsp3) is 0.333. The van der Waals surface area contributed by atoms with E-state index in [1.54, 1.807) is 6.07 Å². The summed E-state index contributed by atoms with van der Waals surface area (Å²) in [6, 6.07) is 8.19. The molecule has 0 bridgehead atoms. The van der Waals surface area contributed by atoms with E-state index in [9.17, 15) is 0 Å². The molecule has 1 aromatic carbocycles. The largest absolute Gasteiger partial charge is 0.360 e. The van der Waals surface area contributed by atoms with Crippen LogP contribution in [0.1, 0.15) is 24.0 Å². The lowest BCUT2D eigenvalue weighted by atomic mass is 10.1. The molecule has 2 rings (SSSR count). The van der Waals surface area contributed by atoms with E-state index in [-0.39, 0.29) is 0 Å². The van der Waals surface area contributed by atoms with Crippen LogP contribution in [-0.4, -0.2) is 11.2 Å². The van der Waals surface area contributed by atoms with Crippen molar-refractivity contribution in [3.8, 4) is 6.07 Å². The molecule has 0 unspecified atom stereocenters. The van der Waals surface area contributed by atoms with E-state index in [0.717, 1.165) is 11.3 Å². The highest BCUT2D eigenvalue weighted by Gasteiger charge is 2.21. The molecule has 82 valence electrons. The Morgan fingerprint density at radius 2 is 2.25 bits per heavy atom. The van der Waals surface area contributed by atoms with Gasteiger partial charge in [-0.3, -0.25) is 0 Å². The first kappa shape index (κ1) is 10.9. The van der Waals surface area contributed by atoms with E-state index in [1.807, 2.05) is 19.1 Å². The zero-order valence-electron chi connectivity index (χ0n) is 9.08. The van der Waals surface area contributed by atoms with E-state index >= 15 is 0 Å². The van der Waals surface area contributed by atoms with Gasteiger partial charge in [-0.15, -0.1) is 0 Å². The summed E-state index contributed by atoms with van der Waals surface area (Å²) in [6.07, 6.45) is 2.39. The van der Waals surface area contributed by atoms with Crippen molar-refractivity contribution in [2.45, 2.75) is 25.8 Å². The lowest BCUT2D eigenvalue weighted by molar-refractivity contribution is 0.919. The van der Waals surface area contributed by atoms with Crippen molar-refractivity contribution in [2.24, 2.45) is 0 Å². The zero-order valence-corrected chi connectivity index (χ0v) is 9.90. The van der Waals surface area contributed by atoms with Gasteiger partial charge in [-0.2, -0.15) is 5.26 Å². The molecule has 0 amide bonds. The fourth-order valence-corrected chi connectivity index (χ4v) is 1.67. The van der Waals surface area contributed by atoms with Crippen molar-refractivity contribution in [2.75, 3.05) is 5.32 Å². The summed E-state index contributed by atoms with van der Waals surface area (Å²) < 4.78 is 0. The van der Waals surface area contributed by atoms with Crippen LogP contribution in [0.4, 0.5) is 5.69 Å². The molecule has 1 aliphatic carbocycles. The molecule has 1 aromatic rings. The molecule has 0 heterocycles. The Hall–Kier alpha value is -1.60. The van der Waals surface area contributed by atoms with Crippen LogP contribution in [0.3, 0.4) is 0 Å². The van der Waals surface area contributed by atoms with Gasteiger partial charge in [0.1, 0.15) is 0 Å². The minimum Gasteiger partial charge on any atom is -0.360 e. The topological polar surface area (TPSA) is 47.9 Å². The molecule has 0 atom stereocenters. The zero-order chi connectivity index (χ0) is 11.5. The second-order valence-corrected chi connectivity index (χ2v) is 4.42. The third-order valence-corrected chi connectivity index (χ3v) is 2.75. The lowest BCUT2D eigenvalue weighted by Gasteiger charge is -2.11. The van der Waals surface area contributed by atoms with Crippen LogP contribution in [0.25, 0.3) is 0 Å². The fourth-order valence-electron chi connectivity index (χ4n) is 1.40. The van der Waals surface area contributed by atoms with Crippen molar-refractivity contribution < 1.29 is 0 Å². The van der Waals surface area contributed by atoms with Gasteiger partial charge in [0.15, 0.2) is 5.11 Å². The third-order valence-electron chi connectivity index (χ3n) is 2.53. The smallest absolute Gasteiger partial charge is 0.171 e. The number of nitrogens with one attached hydrogen (secondary N) is 2. The Bertz CT molecular complexity index is 458. The highest BCUT2D eigenvalue weighted by atomic mass is 32.1. The second kappa shape index (κ2) is 4.50. The predicted octanol–water partition coefficient (Wildman–Crippen LogP) is 2.32. The van der Waals surface area contributed by atoms with Crippen LogP contribution in [0.5, 0.6) is 0 Å². The second-order valence-electron chi connectivity index (χ2n) is 4.01. The van der Waals surface area contributed by atoms with Crippen LogP contribution in [0.2, 0.25) is 0 Å². The number of aryl methyl sites for hydroxylation is 1. The van der Waals surface area contributed by atoms with Gasteiger partial charge >= 0.3 is 0 Å². The van der Waals surface area contributed by atoms with Crippen LogP contribution in [0, 0.1) is 18.3 Å². The number of thiocarbonyl (C=S) groups is 1. The maximum absolute atomic E-state index is 8.82. The van der Waals surface area contributed by atoms with Gasteiger partial charge in [-0.05, 0) is 49.7 Å². The maximum atomic E-state index is 8.82. The summed E-state index contributed by atoms with van der Waals surface area (Å²) in [5.74, 6) is 0. The molecule has 0 saturated heterocycles. The van der Waals surface area contributed by atoms with Crippen molar-refractivity contribution in [3.63, 3.8) is 0 Å². The summed E-state index contributed by atoms with van der Waals surface area (Å²) >= 11 is 5.19. The summed E-state index contributed by atoms with van der Waals surface area (Å²) in [4.78, 5) is 0. The number of nitrogens with zero attached hydrogens (tertiary/aromatic N) is 1. The average Bonchev–Trinajstić information content (AvgIpc) is 3.05. The van der Waals surface area contributed by atoms with Crippen LogP contribution < -0.4 is 10.6 Å². The molecule has 1 aliphatic rings. The van der Waals surface area contributed by atoms with Crippen molar-refractivity contribution >= 4 is 23.0 Å². The maximum Gasteiger partial charge on any atom is 0.171 e. The van der Waals surface area contributed by atoms with Crippen LogP contribution in [-0.2, 0) is 0 Å². The van der Waals surface area contributed by atoms with Gasteiger partial charge in [-0.1, -0.05) is 6.07 Å². The summed E-state index contributed by atoms with van der Waals surface area (Å²) in [5, 5.41) is 15.8. The third kappa shape index (κ3) is 2.71. The molecular formula is C12H13N3S. The normalized spacial score (nSPS) is 14.0. The van der Waals surface area contributed by atoms with Gasteiger partial charge in [0.05, 0.1) is 11.6 Å². The molecule has 0 aliphatic heterocycles. The highest BCUT2D eigenvalue weighted by molar-refractivity contribution is 7.80. The van der Waals surface area contributed by atoms with E-state index in [0.29, 0.717) is 16.7 Å². The molecule has 0 spiro atoms. The quantitative estimate of drug-likeness (QED) is 0.767. The average molecular weight is 231 g/mol. The summed E-state index contributed by atoms with van der Waals surface area (Å²) in [6.45, 7) is 1.99. The van der Waals surface area contributed by atoms with Crippen molar-refractivity contribution in [1.29, 1.82) is 5.26 Å². The van der Waals surface area contributed by atoms with Gasteiger partial charge in [0.2, 0.25) is 0 Å². The van der Waals surface area contributed by atoms with Gasteiger partial charge < -0.3 is 10.6 Å². The van der Waals surface area contributed by atoms with Crippen LogP contribution >= 0.6 is 12.2 Å². The standard InChI is InChI=1S/C12H13N3S/c1-8-2-3-9(7-13)6-11(8)15-12(16)14-10-4-5-10/h2-3,6,10H,4-5H2,1H3,(H2,14,15,16). The van der Waals surface area contributed by atoms with E-state index in [2.05, 4.69) is 16.7 Å². The molecule has 3 nitrogen and oxygen atoms in total. The lowest BCUT2D eigenvalue weighted by Crippen LogP contribution is -2.30. The number of rotatable bonds is 2. The first-order valence-electron chi connectivity index (χ1n) is 5.27. The van der Waals surface area contributed by atoms with Crippen molar-refractivity contribution in [1.82, 2.24) is 5.32 Å². The first-order chi connectivity index (χ1) is 7.69. The summed E-state index contributed by atoms with van der Waals surface area (Å²) in [7, 11) is 0. The molecular weight excluding hydrogens is 218 g/mol. The molecule has 0 radical (unpaired) electrons. The van der Waals surface area contributed by atoms with Crippen LogP contribution in [0.15, 0.2) is 18.2 Å². The van der Waals surface area contributed by atoms with Crippen molar-refractivity contribution in [3.05, 3.63) is 29.3 Å². The summed E-state index contributed by atoms with van der Waals surface area (Å²) in [5.41, 5.74) is 2.62. The Kier molecular flexibility index (Phi) is 3.07. The Balaban J connectivity index is 2.07.